The lowest BCUT2D eigenvalue weighted by atomic mass is 9.96. The third-order valence-electron chi connectivity index (χ3n) is 5.19. The minimum atomic E-state index is -0.634. The fraction of sp³-hybridized carbons (Fsp3) is 0.0741. The Morgan fingerprint density at radius 3 is 1.82 bits per heavy atom. The Bertz CT molecular complexity index is 1430. The Labute approximate surface area is 196 Å². The van der Waals surface area contributed by atoms with Crippen molar-refractivity contribution in [2.45, 2.75) is 13.2 Å². The second-order valence-electron chi connectivity index (χ2n) is 7.45. The number of hydrogen-bond donors (Lipinski definition) is 2. The quantitative estimate of drug-likeness (QED) is 0.428. The van der Waals surface area contributed by atoms with E-state index in [0.29, 0.717) is 24.5 Å². The molecule has 7 nitrogen and oxygen atoms in total. The van der Waals surface area contributed by atoms with Crippen LogP contribution in [0.2, 0.25) is 0 Å². The zero-order chi connectivity index (χ0) is 23.9. The highest BCUT2D eigenvalue weighted by Gasteiger charge is 2.18. The van der Waals surface area contributed by atoms with E-state index >= 15 is 0 Å². The lowest BCUT2D eigenvalue weighted by molar-refractivity contribution is 0.301. The van der Waals surface area contributed by atoms with E-state index in [0.717, 1.165) is 16.9 Å². The van der Waals surface area contributed by atoms with Gasteiger partial charge in [-0.1, -0.05) is 54.6 Å². The minimum Gasteiger partial charge on any atom is -0.489 e. The Morgan fingerprint density at radius 2 is 1.26 bits per heavy atom. The van der Waals surface area contributed by atoms with Crippen molar-refractivity contribution >= 4 is 5.82 Å². The van der Waals surface area contributed by atoms with Gasteiger partial charge in [0, 0.05) is 5.56 Å². The number of nitrogen functional groups attached to an aromatic ring is 1. The van der Waals surface area contributed by atoms with Crippen LogP contribution in [-0.2, 0) is 13.2 Å². The highest BCUT2D eigenvalue weighted by molar-refractivity contribution is 5.80. The molecule has 0 radical (unpaired) electrons. The van der Waals surface area contributed by atoms with E-state index in [1.165, 1.54) is 0 Å². The number of benzene rings is 3. The molecule has 0 aliphatic rings. The van der Waals surface area contributed by atoms with Crippen molar-refractivity contribution in [3.63, 3.8) is 0 Å². The number of anilines is 1. The fourth-order valence-electron chi connectivity index (χ4n) is 3.44. The van der Waals surface area contributed by atoms with Crippen molar-refractivity contribution in [3.8, 4) is 34.8 Å². The van der Waals surface area contributed by atoms with Gasteiger partial charge in [-0.3, -0.25) is 4.79 Å². The number of nitrogens with two attached hydrogens (primary N) is 1. The van der Waals surface area contributed by atoms with Gasteiger partial charge in [-0.05, 0) is 41.0 Å². The van der Waals surface area contributed by atoms with Crippen LogP contribution in [0.15, 0.2) is 83.7 Å². The molecule has 7 heteroatoms. The standard InChI is InChI=1S/C27H20N4O3/c28-14-23-25(24(15-29)27(32)31-26(23)30)20-8-12-22(13-9-20)34-17-19-6-10-21(11-7-19)33-16-18-4-2-1-3-5-18/h1-13H,16-17H2,(H3,30,31,32). The lowest BCUT2D eigenvalue weighted by Gasteiger charge is -2.11. The van der Waals surface area contributed by atoms with Crippen LogP contribution in [0.25, 0.3) is 11.1 Å². The molecule has 34 heavy (non-hydrogen) atoms. The number of hydrogen-bond acceptors (Lipinski definition) is 6. The first kappa shape index (κ1) is 22.2. The summed E-state index contributed by atoms with van der Waals surface area (Å²) < 4.78 is 11.6. The molecule has 4 rings (SSSR count). The van der Waals surface area contributed by atoms with Gasteiger partial charge in [-0.2, -0.15) is 10.5 Å². The van der Waals surface area contributed by atoms with Gasteiger partial charge in [0.15, 0.2) is 0 Å². The predicted molar refractivity (Wildman–Crippen MR) is 128 cm³/mol. The molecule has 0 bridgehead atoms. The molecule has 3 N–H and O–H groups in total. The second kappa shape index (κ2) is 10.1. The monoisotopic (exact) mass is 448 g/mol. The molecule has 1 heterocycles. The normalized spacial score (nSPS) is 10.2. The summed E-state index contributed by atoms with van der Waals surface area (Å²) in [4.78, 5) is 14.4. The summed E-state index contributed by atoms with van der Waals surface area (Å²) in [6, 6.07) is 28.2. The number of rotatable bonds is 7. The summed E-state index contributed by atoms with van der Waals surface area (Å²) in [7, 11) is 0. The highest BCUT2D eigenvalue weighted by atomic mass is 16.5. The van der Waals surface area contributed by atoms with Crippen molar-refractivity contribution in [2.24, 2.45) is 0 Å². The number of nitriles is 2. The summed E-state index contributed by atoms with van der Waals surface area (Å²) >= 11 is 0. The smallest absolute Gasteiger partial charge is 0.268 e. The second-order valence-corrected chi connectivity index (χ2v) is 7.45. The van der Waals surface area contributed by atoms with Gasteiger partial charge >= 0.3 is 0 Å². The van der Waals surface area contributed by atoms with E-state index in [-0.39, 0.29) is 22.5 Å². The number of nitrogens with one attached hydrogen (secondary N) is 1. The topological polar surface area (TPSA) is 125 Å². The van der Waals surface area contributed by atoms with Gasteiger partial charge in [-0.15, -0.1) is 0 Å². The van der Waals surface area contributed by atoms with E-state index in [9.17, 15) is 15.3 Å². The SMILES string of the molecule is N#Cc1c(N)[nH]c(=O)c(C#N)c1-c1ccc(OCc2ccc(OCc3ccccc3)cc2)cc1. The van der Waals surface area contributed by atoms with Crippen LogP contribution >= 0.6 is 0 Å². The molecule has 0 atom stereocenters. The molecule has 166 valence electrons. The maximum Gasteiger partial charge on any atom is 0.268 e. The fourth-order valence-corrected chi connectivity index (χ4v) is 3.44. The first-order valence-electron chi connectivity index (χ1n) is 10.4. The average molecular weight is 448 g/mol. The van der Waals surface area contributed by atoms with Crippen molar-refractivity contribution in [3.05, 3.63) is 111 Å². The molecule has 0 spiro atoms. The van der Waals surface area contributed by atoms with Gasteiger partial charge in [0.2, 0.25) is 0 Å². The van der Waals surface area contributed by atoms with Crippen LogP contribution in [0.1, 0.15) is 22.3 Å². The molecule has 1 aromatic heterocycles. The van der Waals surface area contributed by atoms with Gasteiger partial charge in [-0.25, -0.2) is 0 Å². The molecule has 0 saturated carbocycles. The maximum absolute atomic E-state index is 12.1. The van der Waals surface area contributed by atoms with E-state index < -0.39 is 5.56 Å². The number of H-pyrrole nitrogens is 1. The minimum absolute atomic E-state index is 0.0550. The summed E-state index contributed by atoms with van der Waals surface area (Å²) in [6.07, 6.45) is 0. The van der Waals surface area contributed by atoms with Crippen molar-refractivity contribution in [1.82, 2.24) is 4.98 Å². The summed E-state index contributed by atoms with van der Waals surface area (Å²) in [5.74, 6) is 1.30. The first-order valence-corrected chi connectivity index (χ1v) is 10.4. The van der Waals surface area contributed by atoms with E-state index in [2.05, 4.69) is 4.98 Å². The number of nitrogens with zero attached hydrogens (tertiary/aromatic N) is 2. The van der Waals surface area contributed by atoms with Gasteiger partial charge in [0.1, 0.15) is 53.8 Å². The summed E-state index contributed by atoms with van der Waals surface area (Å²) in [5.41, 5.74) is 7.85. The van der Waals surface area contributed by atoms with Crippen LogP contribution in [0.3, 0.4) is 0 Å². The molecule has 0 fully saturated rings. The van der Waals surface area contributed by atoms with Crippen LogP contribution in [-0.4, -0.2) is 4.98 Å². The van der Waals surface area contributed by atoms with Crippen molar-refractivity contribution in [2.75, 3.05) is 5.73 Å². The van der Waals surface area contributed by atoms with Crippen molar-refractivity contribution < 1.29 is 9.47 Å². The van der Waals surface area contributed by atoms with Gasteiger partial charge < -0.3 is 20.2 Å². The zero-order valence-corrected chi connectivity index (χ0v) is 18.1. The van der Waals surface area contributed by atoms with E-state index in [1.54, 1.807) is 24.3 Å². The molecule has 0 amide bonds. The molecular formula is C27H20N4O3. The lowest BCUT2D eigenvalue weighted by Crippen LogP contribution is -2.16. The molecule has 0 aliphatic heterocycles. The molecule has 4 aromatic rings. The number of pyridine rings is 1. The molecule has 0 saturated heterocycles. The summed E-state index contributed by atoms with van der Waals surface area (Å²) in [5, 5.41) is 18.8. The first-order chi connectivity index (χ1) is 16.6. The average Bonchev–Trinajstić information content (AvgIpc) is 2.87. The number of ether oxygens (including phenoxy) is 2. The van der Waals surface area contributed by atoms with E-state index in [4.69, 9.17) is 15.2 Å². The third kappa shape index (κ3) is 4.90. The summed E-state index contributed by atoms with van der Waals surface area (Å²) in [6.45, 7) is 0.853. The molecule has 0 aliphatic carbocycles. The van der Waals surface area contributed by atoms with E-state index in [1.807, 2.05) is 66.7 Å². The van der Waals surface area contributed by atoms with Gasteiger partial charge in [0.25, 0.3) is 5.56 Å². The molecule has 0 unspecified atom stereocenters. The maximum atomic E-state index is 12.1. The number of aromatic amines is 1. The Balaban J connectivity index is 1.42. The van der Waals surface area contributed by atoms with Crippen molar-refractivity contribution in [1.29, 1.82) is 10.5 Å². The zero-order valence-electron chi connectivity index (χ0n) is 18.1. The Morgan fingerprint density at radius 1 is 0.735 bits per heavy atom. The van der Waals surface area contributed by atoms with Crippen LogP contribution in [0.4, 0.5) is 5.82 Å². The molecule has 3 aromatic carbocycles. The van der Waals surface area contributed by atoms with Crippen LogP contribution in [0.5, 0.6) is 11.5 Å². The Hall–Kier alpha value is -5.01. The largest absolute Gasteiger partial charge is 0.489 e. The molecular weight excluding hydrogens is 428 g/mol. The van der Waals surface area contributed by atoms with Crippen LogP contribution in [0, 0.1) is 22.7 Å². The Kier molecular flexibility index (Phi) is 6.58. The predicted octanol–water partition coefficient (Wildman–Crippen LogP) is 4.53. The van der Waals surface area contributed by atoms with Crippen LogP contribution < -0.4 is 20.8 Å². The third-order valence-corrected chi connectivity index (χ3v) is 5.19. The highest BCUT2D eigenvalue weighted by Crippen LogP contribution is 2.29. The van der Waals surface area contributed by atoms with Gasteiger partial charge in [0.05, 0.1) is 0 Å². The number of aromatic nitrogens is 1.